The van der Waals surface area contributed by atoms with E-state index in [4.69, 9.17) is 4.74 Å². The van der Waals surface area contributed by atoms with Gasteiger partial charge < -0.3 is 14.2 Å². The van der Waals surface area contributed by atoms with Gasteiger partial charge in [-0.2, -0.15) is 0 Å². The maximum atomic E-state index is 12.5. The molecule has 1 aromatic heterocycles. The van der Waals surface area contributed by atoms with Crippen LogP contribution in [0.5, 0.6) is 0 Å². The fourth-order valence-electron chi connectivity index (χ4n) is 2.19. The summed E-state index contributed by atoms with van der Waals surface area (Å²) in [5, 5.41) is 0. The Hall–Kier alpha value is -0.810. The van der Waals surface area contributed by atoms with Gasteiger partial charge in [-0.15, -0.1) is 0 Å². The van der Waals surface area contributed by atoms with Crippen LogP contribution >= 0.6 is 15.9 Å². The van der Waals surface area contributed by atoms with E-state index < -0.39 is 0 Å². The number of nitrogens with zero attached hydrogens (tertiary/aromatic N) is 2. The Morgan fingerprint density at radius 1 is 1.44 bits per heavy atom. The first kappa shape index (κ1) is 13.6. The highest BCUT2D eigenvalue weighted by molar-refractivity contribution is 9.10. The van der Waals surface area contributed by atoms with Gasteiger partial charge >= 0.3 is 0 Å². The lowest BCUT2D eigenvalue weighted by molar-refractivity contribution is 0.0730. The first-order valence-electron chi connectivity index (χ1n) is 6.45. The molecule has 0 N–H and O–H groups in total. The predicted molar refractivity (Wildman–Crippen MR) is 73.8 cm³/mol. The van der Waals surface area contributed by atoms with E-state index in [1.54, 1.807) is 0 Å². The lowest BCUT2D eigenvalue weighted by Gasteiger charge is -2.20. The van der Waals surface area contributed by atoms with Gasteiger partial charge in [0.2, 0.25) is 0 Å². The summed E-state index contributed by atoms with van der Waals surface area (Å²) in [4.78, 5) is 14.4. The standard InChI is InChI=1S/C13H19BrN2O2/c1-2-4-16-10-11(14)9-12(16)13(17)15-5-3-7-18-8-6-15/h9-10H,2-8H2,1H3. The minimum Gasteiger partial charge on any atom is -0.380 e. The Balaban J connectivity index is 2.16. The highest BCUT2D eigenvalue weighted by Gasteiger charge is 2.20. The lowest BCUT2D eigenvalue weighted by atomic mass is 10.3. The van der Waals surface area contributed by atoms with Crippen molar-refractivity contribution in [2.45, 2.75) is 26.3 Å². The van der Waals surface area contributed by atoms with Crippen LogP contribution in [0.4, 0.5) is 0 Å². The normalized spacial score (nSPS) is 16.7. The number of hydrogen-bond donors (Lipinski definition) is 0. The monoisotopic (exact) mass is 314 g/mol. The van der Waals surface area contributed by atoms with E-state index in [0.29, 0.717) is 13.2 Å². The minimum absolute atomic E-state index is 0.111. The minimum atomic E-state index is 0.111. The van der Waals surface area contributed by atoms with Gasteiger partial charge in [-0.25, -0.2) is 0 Å². The summed E-state index contributed by atoms with van der Waals surface area (Å²) in [6.07, 6.45) is 3.91. The van der Waals surface area contributed by atoms with Crippen molar-refractivity contribution in [2.24, 2.45) is 0 Å². The molecule has 1 amide bonds. The van der Waals surface area contributed by atoms with Gasteiger partial charge in [-0.3, -0.25) is 4.79 Å². The van der Waals surface area contributed by atoms with Crippen LogP contribution in [-0.2, 0) is 11.3 Å². The Bertz CT molecular complexity index is 409. The van der Waals surface area contributed by atoms with Gasteiger partial charge in [0, 0.05) is 36.9 Å². The second-order valence-corrected chi connectivity index (χ2v) is 5.41. The van der Waals surface area contributed by atoms with E-state index in [1.807, 2.05) is 21.7 Å². The average molecular weight is 315 g/mol. The molecule has 0 aromatic carbocycles. The fourth-order valence-corrected chi connectivity index (χ4v) is 2.65. The second-order valence-electron chi connectivity index (χ2n) is 4.50. The third-order valence-corrected chi connectivity index (χ3v) is 3.49. The summed E-state index contributed by atoms with van der Waals surface area (Å²) in [7, 11) is 0. The molecule has 1 aliphatic rings. The SMILES string of the molecule is CCCn1cc(Br)cc1C(=O)N1CCCOCC1. The Kier molecular flexibility index (Phi) is 4.83. The summed E-state index contributed by atoms with van der Waals surface area (Å²) < 4.78 is 8.37. The van der Waals surface area contributed by atoms with E-state index >= 15 is 0 Å². The highest BCUT2D eigenvalue weighted by atomic mass is 79.9. The number of carbonyl (C=O) groups is 1. The van der Waals surface area contributed by atoms with Gasteiger partial charge in [0.25, 0.3) is 5.91 Å². The summed E-state index contributed by atoms with van der Waals surface area (Å²) in [6, 6.07) is 1.91. The van der Waals surface area contributed by atoms with Crippen molar-refractivity contribution in [1.82, 2.24) is 9.47 Å². The molecular formula is C13H19BrN2O2. The topological polar surface area (TPSA) is 34.5 Å². The molecule has 5 heteroatoms. The van der Waals surface area contributed by atoms with Crippen LogP contribution < -0.4 is 0 Å². The first-order valence-corrected chi connectivity index (χ1v) is 7.24. The first-order chi connectivity index (χ1) is 8.72. The number of rotatable bonds is 3. The molecule has 0 saturated carbocycles. The summed E-state index contributed by atoms with van der Waals surface area (Å²) in [6.45, 7) is 5.85. The molecule has 0 atom stereocenters. The molecule has 1 fully saturated rings. The molecule has 0 aliphatic carbocycles. The van der Waals surface area contributed by atoms with Crippen LogP contribution in [0, 0.1) is 0 Å². The van der Waals surface area contributed by atoms with Crippen molar-refractivity contribution in [3.63, 3.8) is 0 Å². The molecule has 0 spiro atoms. The van der Waals surface area contributed by atoms with Crippen molar-refractivity contribution in [3.8, 4) is 0 Å². The van der Waals surface area contributed by atoms with Crippen LogP contribution in [0.1, 0.15) is 30.3 Å². The van der Waals surface area contributed by atoms with E-state index in [-0.39, 0.29) is 5.91 Å². The average Bonchev–Trinajstić information content (AvgIpc) is 2.57. The maximum absolute atomic E-state index is 12.5. The summed E-state index contributed by atoms with van der Waals surface area (Å²) in [5.74, 6) is 0.111. The molecule has 100 valence electrons. The zero-order valence-electron chi connectivity index (χ0n) is 10.7. The number of halogens is 1. The summed E-state index contributed by atoms with van der Waals surface area (Å²) in [5.41, 5.74) is 0.769. The number of amides is 1. The van der Waals surface area contributed by atoms with E-state index in [9.17, 15) is 4.79 Å². The fraction of sp³-hybridized carbons (Fsp3) is 0.615. The van der Waals surface area contributed by atoms with Gasteiger partial charge in [0.15, 0.2) is 0 Å². The molecule has 1 saturated heterocycles. The molecule has 0 unspecified atom stereocenters. The van der Waals surface area contributed by atoms with Crippen molar-refractivity contribution in [3.05, 3.63) is 22.4 Å². The highest BCUT2D eigenvalue weighted by Crippen LogP contribution is 2.18. The number of carbonyl (C=O) groups excluding carboxylic acids is 1. The Labute approximate surface area is 116 Å². The third-order valence-electron chi connectivity index (χ3n) is 3.06. The molecule has 2 heterocycles. The quantitative estimate of drug-likeness (QED) is 0.859. The largest absolute Gasteiger partial charge is 0.380 e. The predicted octanol–water partition coefficient (Wildman–Crippen LogP) is 2.52. The zero-order valence-corrected chi connectivity index (χ0v) is 12.3. The molecule has 4 nitrogen and oxygen atoms in total. The third kappa shape index (κ3) is 3.14. The van der Waals surface area contributed by atoms with Gasteiger partial charge in [-0.05, 0) is 34.8 Å². The van der Waals surface area contributed by atoms with Crippen LogP contribution in [-0.4, -0.2) is 41.7 Å². The van der Waals surface area contributed by atoms with Gasteiger partial charge in [0.05, 0.1) is 6.61 Å². The van der Waals surface area contributed by atoms with Crippen LogP contribution in [0.25, 0.3) is 0 Å². The van der Waals surface area contributed by atoms with Crippen molar-refractivity contribution in [1.29, 1.82) is 0 Å². The number of hydrogen-bond acceptors (Lipinski definition) is 2. The van der Waals surface area contributed by atoms with Crippen molar-refractivity contribution < 1.29 is 9.53 Å². The summed E-state index contributed by atoms with van der Waals surface area (Å²) >= 11 is 3.44. The molecule has 1 aromatic rings. The van der Waals surface area contributed by atoms with Crippen molar-refractivity contribution in [2.75, 3.05) is 26.3 Å². The van der Waals surface area contributed by atoms with Gasteiger partial charge in [0.1, 0.15) is 5.69 Å². The van der Waals surface area contributed by atoms with Crippen LogP contribution in [0.2, 0.25) is 0 Å². The maximum Gasteiger partial charge on any atom is 0.270 e. The van der Waals surface area contributed by atoms with Crippen LogP contribution in [0.3, 0.4) is 0 Å². The zero-order chi connectivity index (χ0) is 13.0. The molecule has 2 rings (SSSR count). The number of ether oxygens (including phenoxy) is 1. The molecule has 0 radical (unpaired) electrons. The van der Waals surface area contributed by atoms with E-state index in [2.05, 4.69) is 22.9 Å². The second kappa shape index (κ2) is 6.38. The molecular weight excluding hydrogens is 296 g/mol. The van der Waals surface area contributed by atoms with E-state index in [0.717, 1.165) is 42.7 Å². The molecule has 1 aliphatic heterocycles. The van der Waals surface area contributed by atoms with E-state index in [1.165, 1.54) is 0 Å². The van der Waals surface area contributed by atoms with Crippen molar-refractivity contribution >= 4 is 21.8 Å². The number of aromatic nitrogens is 1. The smallest absolute Gasteiger partial charge is 0.270 e. The lowest BCUT2D eigenvalue weighted by Crippen LogP contribution is -2.34. The number of aryl methyl sites for hydroxylation is 1. The molecule has 0 bridgehead atoms. The van der Waals surface area contributed by atoms with Gasteiger partial charge in [-0.1, -0.05) is 6.92 Å². The Morgan fingerprint density at radius 2 is 2.28 bits per heavy atom. The van der Waals surface area contributed by atoms with Crippen LogP contribution in [0.15, 0.2) is 16.7 Å². The molecule has 18 heavy (non-hydrogen) atoms. The Morgan fingerprint density at radius 3 is 3.06 bits per heavy atom.